The van der Waals surface area contributed by atoms with Crippen LogP contribution in [0.25, 0.3) is 73.0 Å². The van der Waals surface area contributed by atoms with Crippen LogP contribution in [0, 0.1) is 11.3 Å². The normalized spacial score (nSPS) is 11.9. The van der Waals surface area contributed by atoms with Gasteiger partial charge in [-0.2, -0.15) is 5.26 Å². The van der Waals surface area contributed by atoms with E-state index in [1.54, 1.807) is 0 Å². The van der Waals surface area contributed by atoms with Crippen LogP contribution in [0.2, 0.25) is 0 Å². The van der Waals surface area contributed by atoms with E-state index in [4.69, 9.17) is 29.9 Å². The molecule has 8 rings (SSSR count). The molecule has 0 amide bonds. The molecule has 0 bridgehead atoms. The first-order valence-electron chi connectivity index (χ1n) is 17.7. The van der Waals surface area contributed by atoms with E-state index in [2.05, 4.69) is 88.6 Å². The van der Waals surface area contributed by atoms with E-state index in [-0.39, 0.29) is 10.8 Å². The molecule has 8 heteroatoms. The quantitative estimate of drug-likeness (QED) is 0.177. The predicted octanol–water partition coefficient (Wildman–Crippen LogP) is 10.3. The monoisotopic (exact) mass is 690 g/mol. The van der Waals surface area contributed by atoms with E-state index in [1.165, 1.54) is 0 Å². The van der Waals surface area contributed by atoms with Crippen molar-refractivity contribution in [1.82, 2.24) is 34.5 Å². The van der Waals surface area contributed by atoms with Gasteiger partial charge in [0, 0.05) is 43.9 Å². The average molecular weight is 691 g/mol. The van der Waals surface area contributed by atoms with Gasteiger partial charge < -0.3 is 4.57 Å². The fourth-order valence-electron chi connectivity index (χ4n) is 6.46. The third kappa shape index (κ3) is 6.31. The Kier molecular flexibility index (Phi) is 8.15. The van der Waals surface area contributed by atoms with E-state index in [9.17, 15) is 5.26 Å². The van der Waals surface area contributed by atoms with Gasteiger partial charge >= 0.3 is 0 Å². The largest absolute Gasteiger partial charge is 0.308 e. The van der Waals surface area contributed by atoms with E-state index in [1.807, 2.05) is 84.9 Å². The number of nitrogens with zero attached hydrogens (tertiary/aromatic N) is 8. The molecule has 0 aliphatic carbocycles. The van der Waals surface area contributed by atoms with Crippen molar-refractivity contribution in [2.45, 2.75) is 52.4 Å². The van der Waals surface area contributed by atoms with Gasteiger partial charge in [0.15, 0.2) is 23.3 Å². The van der Waals surface area contributed by atoms with Crippen LogP contribution in [0.15, 0.2) is 121 Å². The second-order valence-corrected chi connectivity index (χ2v) is 15.3. The van der Waals surface area contributed by atoms with Crippen molar-refractivity contribution >= 4 is 21.8 Å². The van der Waals surface area contributed by atoms with Crippen molar-refractivity contribution < 1.29 is 0 Å². The standard InChI is InChI=1S/C45H38N8/c1-44(2,3)42-50-41(51-43(52-42)45(4,5)6)34-25-28(27-46)21-23-37(34)53-35-20-14-13-19-32(35)33-26-31(22-24-36(33)53)40-48-38(29-15-9-7-10-16-29)47-39(49-40)30-17-11-8-12-18-30/h7-26H,1-6H3. The fraction of sp³-hybridized carbons (Fsp3) is 0.178. The van der Waals surface area contributed by atoms with E-state index < -0.39 is 0 Å². The first-order valence-corrected chi connectivity index (χ1v) is 17.7. The van der Waals surface area contributed by atoms with Crippen molar-refractivity contribution in [3.05, 3.63) is 139 Å². The number of fused-ring (bicyclic) bond motifs is 3. The number of rotatable bonds is 5. The Balaban J connectivity index is 1.36. The van der Waals surface area contributed by atoms with Crippen molar-refractivity contribution in [2.24, 2.45) is 0 Å². The fourth-order valence-corrected chi connectivity index (χ4v) is 6.46. The van der Waals surface area contributed by atoms with Crippen LogP contribution in [0.3, 0.4) is 0 Å². The molecule has 0 saturated heterocycles. The molecule has 0 atom stereocenters. The topological polar surface area (TPSA) is 106 Å². The molecule has 0 saturated carbocycles. The lowest BCUT2D eigenvalue weighted by molar-refractivity contribution is 0.497. The Bertz CT molecular complexity index is 2600. The highest BCUT2D eigenvalue weighted by Gasteiger charge is 2.27. The summed E-state index contributed by atoms with van der Waals surface area (Å²) in [5.74, 6) is 3.76. The molecule has 8 aromatic rings. The van der Waals surface area contributed by atoms with Gasteiger partial charge in [-0.15, -0.1) is 0 Å². The van der Waals surface area contributed by atoms with Gasteiger partial charge in [0.2, 0.25) is 0 Å². The van der Waals surface area contributed by atoms with Gasteiger partial charge in [-0.05, 0) is 42.5 Å². The van der Waals surface area contributed by atoms with Crippen LogP contribution < -0.4 is 0 Å². The minimum atomic E-state index is -0.316. The molecule has 258 valence electrons. The van der Waals surface area contributed by atoms with Gasteiger partial charge in [0.05, 0.1) is 28.4 Å². The van der Waals surface area contributed by atoms with E-state index >= 15 is 0 Å². The van der Waals surface area contributed by atoms with Crippen molar-refractivity contribution in [2.75, 3.05) is 0 Å². The highest BCUT2D eigenvalue weighted by atomic mass is 15.1. The number of aromatic nitrogens is 7. The van der Waals surface area contributed by atoms with Gasteiger partial charge in [-0.25, -0.2) is 29.9 Å². The molecule has 0 aliphatic rings. The van der Waals surface area contributed by atoms with Gasteiger partial charge in [0.1, 0.15) is 11.6 Å². The molecular weight excluding hydrogens is 653 g/mol. The summed E-state index contributed by atoms with van der Waals surface area (Å²) >= 11 is 0. The summed E-state index contributed by atoms with van der Waals surface area (Å²) in [5.41, 5.74) is 6.23. The maximum Gasteiger partial charge on any atom is 0.165 e. The molecule has 3 heterocycles. The first kappa shape index (κ1) is 33.5. The number of para-hydroxylation sites is 1. The van der Waals surface area contributed by atoms with Crippen molar-refractivity contribution in [3.63, 3.8) is 0 Å². The second-order valence-electron chi connectivity index (χ2n) is 15.3. The molecule has 5 aromatic carbocycles. The molecule has 0 unspecified atom stereocenters. The average Bonchev–Trinajstić information content (AvgIpc) is 3.51. The van der Waals surface area contributed by atoms with E-state index in [0.717, 1.165) is 49.7 Å². The molecule has 0 aliphatic heterocycles. The summed E-state index contributed by atoms with van der Waals surface area (Å²) in [5, 5.41) is 12.1. The zero-order chi connectivity index (χ0) is 36.9. The Morgan fingerprint density at radius 1 is 0.472 bits per heavy atom. The third-order valence-electron chi connectivity index (χ3n) is 9.21. The molecule has 3 aromatic heterocycles. The highest BCUT2D eigenvalue weighted by molar-refractivity contribution is 6.10. The summed E-state index contributed by atoms with van der Waals surface area (Å²) in [6, 6.07) is 42.8. The summed E-state index contributed by atoms with van der Waals surface area (Å²) in [6.45, 7) is 12.6. The van der Waals surface area contributed by atoms with Crippen molar-refractivity contribution in [3.8, 4) is 57.3 Å². The third-order valence-corrected chi connectivity index (χ3v) is 9.21. The number of benzene rings is 5. The van der Waals surface area contributed by atoms with Crippen LogP contribution >= 0.6 is 0 Å². The maximum atomic E-state index is 10.0. The molecule has 0 fully saturated rings. The molecule has 8 nitrogen and oxygen atoms in total. The lowest BCUT2D eigenvalue weighted by Crippen LogP contribution is -2.24. The van der Waals surface area contributed by atoms with Crippen LogP contribution in [0.5, 0.6) is 0 Å². The van der Waals surface area contributed by atoms with Gasteiger partial charge in [-0.3, -0.25) is 0 Å². The minimum Gasteiger partial charge on any atom is -0.308 e. The Hall–Kier alpha value is -6.59. The summed E-state index contributed by atoms with van der Waals surface area (Å²) < 4.78 is 2.24. The lowest BCUT2D eigenvalue weighted by Gasteiger charge is -2.23. The Morgan fingerprint density at radius 2 is 1.00 bits per heavy atom. The van der Waals surface area contributed by atoms with Crippen LogP contribution in [-0.4, -0.2) is 34.5 Å². The zero-order valence-corrected chi connectivity index (χ0v) is 30.6. The molecular formula is C45H38N8. The summed E-state index contributed by atoms with van der Waals surface area (Å²) in [6.07, 6.45) is 0. The molecule has 53 heavy (non-hydrogen) atoms. The van der Waals surface area contributed by atoms with Crippen LogP contribution in [0.4, 0.5) is 0 Å². The van der Waals surface area contributed by atoms with Gasteiger partial charge in [-0.1, -0.05) is 120 Å². The van der Waals surface area contributed by atoms with Crippen LogP contribution in [0.1, 0.15) is 58.8 Å². The predicted molar refractivity (Wildman–Crippen MR) is 211 cm³/mol. The Labute approximate surface area is 308 Å². The second kappa shape index (κ2) is 12.9. The summed E-state index contributed by atoms with van der Waals surface area (Å²) in [4.78, 5) is 29.9. The lowest BCUT2D eigenvalue weighted by atomic mass is 9.92. The summed E-state index contributed by atoms with van der Waals surface area (Å²) in [7, 11) is 0. The minimum absolute atomic E-state index is 0.316. The van der Waals surface area contributed by atoms with E-state index in [0.29, 0.717) is 40.5 Å². The molecule has 0 spiro atoms. The molecule has 0 N–H and O–H groups in total. The first-order chi connectivity index (χ1) is 25.5. The number of hydrogen-bond donors (Lipinski definition) is 0. The number of nitriles is 1. The molecule has 0 radical (unpaired) electrons. The number of hydrogen-bond acceptors (Lipinski definition) is 7. The smallest absolute Gasteiger partial charge is 0.165 e. The highest BCUT2D eigenvalue weighted by Crippen LogP contribution is 2.38. The maximum absolute atomic E-state index is 10.0. The van der Waals surface area contributed by atoms with Crippen molar-refractivity contribution in [1.29, 1.82) is 5.26 Å². The Morgan fingerprint density at radius 3 is 1.57 bits per heavy atom. The zero-order valence-electron chi connectivity index (χ0n) is 30.6. The van der Waals surface area contributed by atoms with Gasteiger partial charge in [0.25, 0.3) is 0 Å². The van der Waals surface area contributed by atoms with Crippen LogP contribution in [-0.2, 0) is 10.8 Å². The SMILES string of the molecule is CC(C)(C)c1nc(-c2cc(C#N)ccc2-n2c3ccccc3c3cc(-c4nc(-c5ccccc5)nc(-c5ccccc5)n4)ccc32)nc(C(C)(C)C)n1.